The second-order valence-electron chi connectivity index (χ2n) is 3.82. The van der Waals surface area contributed by atoms with Crippen LogP contribution in [0.25, 0.3) is 0 Å². The Morgan fingerprint density at radius 2 is 2.00 bits per heavy atom. The predicted octanol–water partition coefficient (Wildman–Crippen LogP) is 3.85. The first-order chi connectivity index (χ1) is 8.78. The zero-order chi connectivity index (χ0) is 12.8. The van der Waals surface area contributed by atoms with Crippen molar-refractivity contribution in [3.05, 3.63) is 52.8 Å². The minimum absolute atomic E-state index is 0.691. The third kappa shape index (κ3) is 3.74. The van der Waals surface area contributed by atoms with Crippen LogP contribution >= 0.6 is 15.9 Å². The van der Waals surface area contributed by atoms with Crippen molar-refractivity contribution in [3.8, 4) is 5.75 Å². The minimum atomic E-state index is 0.691. The molecule has 0 radical (unpaired) electrons. The van der Waals surface area contributed by atoms with Crippen LogP contribution in [0, 0.1) is 0 Å². The van der Waals surface area contributed by atoms with Gasteiger partial charge in [0.2, 0.25) is 0 Å². The zero-order valence-electron chi connectivity index (χ0n) is 10.2. The van der Waals surface area contributed by atoms with Crippen molar-refractivity contribution in [1.82, 2.24) is 4.98 Å². The summed E-state index contributed by atoms with van der Waals surface area (Å²) in [6, 6.07) is 10.00. The summed E-state index contributed by atoms with van der Waals surface area (Å²) in [4.78, 5) is 4.13. The van der Waals surface area contributed by atoms with Gasteiger partial charge in [0.25, 0.3) is 0 Å². The fourth-order valence-electron chi connectivity index (χ4n) is 1.59. The summed E-state index contributed by atoms with van der Waals surface area (Å²) in [6.07, 6.45) is 3.63. The van der Waals surface area contributed by atoms with Gasteiger partial charge in [0.15, 0.2) is 0 Å². The van der Waals surface area contributed by atoms with E-state index in [4.69, 9.17) is 4.74 Å². The number of benzene rings is 1. The van der Waals surface area contributed by atoms with Gasteiger partial charge in [0, 0.05) is 29.1 Å². The van der Waals surface area contributed by atoms with Crippen LogP contribution in [-0.4, -0.2) is 11.6 Å². The Labute approximate surface area is 115 Å². The summed E-state index contributed by atoms with van der Waals surface area (Å²) in [5, 5.41) is 3.34. The maximum absolute atomic E-state index is 5.40. The maximum atomic E-state index is 5.40. The van der Waals surface area contributed by atoms with E-state index in [2.05, 4.69) is 32.3 Å². The summed E-state index contributed by atoms with van der Waals surface area (Å²) in [5.41, 5.74) is 2.21. The van der Waals surface area contributed by atoms with Crippen LogP contribution in [0.3, 0.4) is 0 Å². The number of nitrogens with zero attached hydrogens (tertiary/aromatic N) is 1. The van der Waals surface area contributed by atoms with Crippen molar-refractivity contribution >= 4 is 21.6 Å². The number of pyridine rings is 1. The Hall–Kier alpha value is -1.55. The summed E-state index contributed by atoms with van der Waals surface area (Å²) in [6.45, 7) is 3.42. The number of ether oxygens (including phenoxy) is 1. The first-order valence-corrected chi connectivity index (χ1v) is 6.63. The quantitative estimate of drug-likeness (QED) is 0.911. The number of aromatic nitrogens is 1. The number of anilines is 1. The van der Waals surface area contributed by atoms with Gasteiger partial charge < -0.3 is 10.1 Å². The summed E-state index contributed by atoms with van der Waals surface area (Å²) in [5.74, 6) is 0.896. The molecule has 0 atom stereocenters. The number of rotatable bonds is 5. The molecule has 1 aromatic heterocycles. The van der Waals surface area contributed by atoms with E-state index < -0.39 is 0 Å². The maximum Gasteiger partial charge on any atom is 0.119 e. The van der Waals surface area contributed by atoms with Gasteiger partial charge in [0.05, 0.1) is 6.61 Å². The van der Waals surface area contributed by atoms with Gasteiger partial charge in [-0.1, -0.05) is 0 Å². The monoisotopic (exact) mass is 306 g/mol. The Balaban J connectivity index is 1.93. The molecule has 3 nitrogen and oxygen atoms in total. The molecular weight excluding hydrogens is 292 g/mol. The van der Waals surface area contributed by atoms with E-state index in [0.29, 0.717) is 6.61 Å². The first-order valence-electron chi connectivity index (χ1n) is 5.84. The van der Waals surface area contributed by atoms with Crippen LogP contribution < -0.4 is 10.1 Å². The molecular formula is C14H15BrN2O. The lowest BCUT2D eigenvalue weighted by atomic mass is 10.2. The van der Waals surface area contributed by atoms with Gasteiger partial charge in [-0.3, -0.25) is 4.98 Å². The van der Waals surface area contributed by atoms with Crippen LogP contribution in [-0.2, 0) is 6.54 Å². The number of nitrogens with one attached hydrogen (secondary N) is 1. The van der Waals surface area contributed by atoms with E-state index >= 15 is 0 Å². The lowest BCUT2D eigenvalue weighted by molar-refractivity contribution is 0.340. The Kier molecular flexibility index (Phi) is 4.59. The second kappa shape index (κ2) is 6.40. The summed E-state index contributed by atoms with van der Waals surface area (Å²) >= 11 is 3.41. The number of hydrogen-bond donors (Lipinski definition) is 1. The molecule has 0 aliphatic rings. The van der Waals surface area contributed by atoms with Crippen molar-refractivity contribution in [2.24, 2.45) is 0 Å². The topological polar surface area (TPSA) is 34.1 Å². The van der Waals surface area contributed by atoms with Crippen LogP contribution in [0.4, 0.5) is 5.69 Å². The third-order valence-electron chi connectivity index (χ3n) is 2.42. The van der Waals surface area contributed by atoms with Gasteiger partial charge in [-0.15, -0.1) is 0 Å². The van der Waals surface area contributed by atoms with Crippen molar-refractivity contribution in [2.45, 2.75) is 13.5 Å². The fourth-order valence-corrected chi connectivity index (χ4v) is 2.00. The molecule has 1 heterocycles. The van der Waals surface area contributed by atoms with E-state index in [1.807, 2.05) is 37.4 Å². The standard InChI is InChI=1S/C14H15BrN2O/c1-2-18-14-5-3-13(4-6-14)17-9-11-7-12(15)10-16-8-11/h3-8,10,17H,2,9H2,1H3. The van der Waals surface area contributed by atoms with Gasteiger partial charge in [-0.2, -0.15) is 0 Å². The molecule has 4 heteroatoms. The lowest BCUT2D eigenvalue weighted by Gasteiger charge is -2.08. The number of halogens is 1. The molecule has 0 spiro atoms. The highest BCUT2D eigenvalue weighted by Crippen LogP contribution is 2.17. The van der Waals surface area contributed by atoms with E-state index in [1.165, 1.54) is 0 Å². The molecule has 0 amide bonds. The van der Waals surface area contributed by atoms with Gasteiger partial charge in [0.1, 0.15) is 5.75 Å². The average Bonchev–Trinajstić information content (AvgIpc) is 2.38. The molecule has 2 rings (SSSR count). The molecule has 1 N–H and O–H groups in total. The molecule has 0 saturated carbocycles. The third-order valence-corrected chi connectivity index (χ3v) is 2.86. The molecule has 2 aromatic rings. The van der Waals surface area contributed by atoms with Gasteiger partial charge in [-0.05, 0) is 58.7 Å². The van der Waals surface area contributed by atoms with Crippen molar-refractivity contribution in [2.75, 3.05) is 11.9 Å². The highest BCUT2D eigenvalue weighted by atomic mass is 79.9. The predicted molar refractivity (Wildman–Crippen MR) is 76.9 cm³/mol. The fraction of sp³-hybridized carbons (Fsp3) is 0.214. The summed E-state index contributed by atoms with van der Waals surface area (Å²) < 4.78 is 6.39. The van der Waals surface area contributed by atoms with Crippen molar-refractivity contribution < 1.29 is 4.74 Å². The van der Waals surface area contributed by atoms with E-state index in [1.54, 1.807) is 6.20 Å². The smallest absolute Gasteiger partial charge is 0.119 e. The van der Waals surface area contributed by atoms with E-state index in [9.17, 15) is 0 Å². The molecule has 1 aromatic carbocycles. The van der Waals surface area contributed by atoms with Crippen molar-refractivity contribution in [1.29, 1.82) is 0 Å². The van der Waals surface area contributed by atoms with Crippen LogP contribution in [0.5, 0.6) is 5.75 Å². The average molecular weight is 307 g/mol. The highest BCUT2D eigenvalue weighted by Gasteiger charge is 1.97. The normalized spacial score (nSPS) is 10.1. The first kappa shape index (κ1) is 12.9. The van der Waals surface area contributed by atoms with Crippen LogP contribution in [0.15, 0.2) is 47.2 Å². The van der Waals surface area contributed by atoms with E-state index in [0.717, 1.165) is 28.0 Å². The molecule has 0 aliphatic carbocycles. The molecule has 18 heavy (non-hydrogen) atoms. The SMILES string of the molecule is CCOc1ccc(NCc2cncc(Br)c2)cc1. The largest absolute Gasteiger partial charge is 0.494 e. The Morgan fingerprint density at radius 1 is 1.22 bits per heavy atom. The minimum Gasteiger partial charge on any atom is -0.494 e. The van der Waals surface area contributed by atoms with Crippen LogP contribution in [0.2, 0.25) is 0 Å². The van der Waals surface area contributed by atoms with Crippen LogP contribution in [0.1, 0.15) is 12.5 Å². The molecule has 0 saturated heterocycles. The van der Waals surface area contributed by atoms with Gasteiger partial charge >= 0.3 is 0 Å². The molecule has 0 aliphatic heterocycles. The molecule has 0 bridgehead atoms. The second-order valence-corrected chi connectivity index (χ2v) is 4.74. The molecule has 0 fully saturated rings. The Morgan fingerprint density at radius 3 is 2.67 bits per heavy atom. The zero-order valence-corrected chi connectivity index (χ0v) is 11.8. The number of hydrogen-bond acceptors (Lipinski definition) is 3. The summed E-state index contributed by atoms with van der Waals surface area (Å²) in [7, 11) is 0. The lowest BCUT2D eigenvalue weighted by Crippen LogP contribution is -2.00. The Bertz CT molecular complexity index is 499. The van der Waals surface area contributed by atoms with Crippen molar-refractivity contribution in [3.63, 3.8) is 0 Å². The molecule has 0 unspecified atom stereocenters. The van der Waals surface area contributed by atoms with Gasteiger partial charge in [-0.25, -0.2) is 0 Å². The van der Waals surface area contributed by atoms with E-state index in [-0.39, 0.29) is 0 Å². The molecule has 94 valence electrons. The highest BCUT2D eigenvalue weighted by molar-refractivity contribution is 9.10.